The normalized spacial score (nSPS) is 10.3. The summed E-state index contributed by atoms with van der Waals surface area (Å²) >= 11 is 0. The van der Waals surface area contributed by atoms with E-state index in [1.165, 1.54) is 16.7 Å². The van der Waals surface area contributed by atoms with Crippen molar-refractivity contribution in [3.8, 4) is 0 Å². The fourth-order valence-electron chi connectivity index (χ4n) is 1.45. The van der Waals surface area contributed by atoms with Crippen molar-refractivity contribution in [1.82, 2.24) is 0 Å². The predicted octanol–water partition coefficient (Wildman–Crippen LogP) is 5.72. The van der Waals surface area contributed by atoms with Gasteiger partial charge < -0.3 is 0 Å². The molecule has 0 nitrogen and oxygen atoms in total. The van der Waals surface area contributed by atoms with E-state index in [9.17, 15) is 0 Å². The number of hydrogen-bond acceptors (Lipinski definition) is 0. The van der Waals surface area contributed by atoms with Gasteiger partial charge in [-0.2, -0.15) is 0 Å². The van der Waals surface area contributed by atoms with Crippen LogP contribution >= 0.6 is 0 Å². The third kappa shape index (κ3) is 5.75. The first-order valence-corrected chi connectivity index (χ1v) is 6.61. The molecule has 0 bridgehead atoms. The number of fused-ring (bicyclic) bond motifs is 1. The Labute approximate surface area is 102 Å². The lowest BCUT2D eigenvalue weighted by molar-refractivity contribution is 1.20. The first-order chi connectivity index (χ1) is 7.86. The summed E-state index contributed by atoms with van der Waals surface area (Å²) in [4.78, 5) is 0. The highest BCUT2D eigenvalue weighted by Gasteiger charge is 2.06. The van der Waals surface area contributed by atoms with Gasteiger partial charge in [0.25, 0.3) is 0 Å². The minimum absolute atomic E-state index is 1.15. The van der Waals surface area contributed by atoms with Crippen molar-refractivity contribution in [2.75, 3.05) is 0 Å². The van der Waals surface area contributed by atoms with Gasteiger partial charge >= 0.3 is 0 Å². The summed E-state index contributed by atoms with van der Waals surface area (Å²) in [6, 6.07) is 8.56. The Morgan fingerprint density at radius 3 is 1.81 bits per heavy atom. The van der Waals surface area contributed by atoms with Gasteiger partial charge in [0.05, 0.1) is 0 Å². The summed E-state index contributed by atoms with van der Waals surface area (Å²) in [5, 5.41) is 0. The molecule has 0 spiro atoms. The Kier molecular flexibility index (Phi) is 13.1. The molecule has 0 atom stereocenters. The van der Waals surface area contributed by atoms with Crippen LogP contribution in [0.25, 0.3) is 6.08 Å². The largest absolute Gasteiger partial charge is 0.0683 e. The van der Waals surface area contributed by atoms with Crippen LogP contribution in [0.1, 0.15) is 59.6 Å². The van der Waals surface area contributed by atoms with E-state index >= 15 is 0 Å². The number of rotatable bonds is 0. The second kappa shape index (κ2) is 12.0. The van der Waals surface area contributed by atoms with Crippen LogP contribution in [0.2, 0.25) is 0 Å². The van der Waals surface area contributed by atoms with Crippen LogP contribution in [0.4, 0.5) is 0 Å². The predicted molar refractivity (Wildman–Crippen MR) is 77.8 cm³/mol. The molecule has 0 N–H and O–H groups in total. The molecule has 16 heavy (non-hydrogen) atoms. The van der Waals surface area contributed by atoms with E-state index in [0.29, 0.717) is 0 Å². The lowest BCUT2D eigenvalue weighted by atomic mass is 10.1. The minimum Gasteiger partial charge on any atom is -0.0683 e. The molecule has 0 heteroatoms. The van der Waals surface area contributed by atoms with Crippen molar-refractivity contribution in [2.24, 2.45) is 0 Å². The maximum Gasteiger partial charge on any atom is -0.00606 e. The Hall–Kier alpha value is -1.04. The average molecular weight is 220 g/mol. The number of allylic oxidation sites excluding steroid dienone is 1. The smallest absolute Gasteiger partial charge is 0.00606 e. The van der Waals surface area contributed by atoms with Crippen LogP contribution < -0.4 is 0 Å². The molecular weight excluding hydrogens is 192 g/mol. The third-order valence-electron chi connectivity index (χ3n) is 1.93. The van der Waals surface area contributed by atoms with Gasteiger partial charge in [0.15, 0.2) is 0 Å². The highest BCUT2D eigenvalue weighted by Crippen LogP contribution is 2.23. The van der Waals surface area contributed by atoms with Gasteiger partial charge in [-0.1, -0.05) is 77.5 Å². The second-order valence-electron chi connectivity index (χ2n) is 2.87. The molecule has 0 saturated heterocycles. The van der Waals surface area contributed by atoms with Gasteiger partial charge in [0.2, 0.25) is 0 Å². The van der Waals surface area contributed by atoms with Crippen molar-refractivity contribution in [1.29, 1.82) is 0 Å². The molecule has 1 aromatic rings. The summed E-state index contributed by atoms with van der Waals surface area (Å²) in [6.45, 7) is 14.2. The molecule has 2 rings (SSSR count). The van der Waals surface area contributed by atoms with E-state index in [1.54, 1.807) is 0 Å². The second-order valence-corrected chi connectivity index (χ2v) is 2.87. The third-order valence-corrected chi connectivity index (χ3v) is 1.93. The fourth-order valence-corrected chi connectivity index (χ4v) is 1.45. The van der Waals surface area contributed by atoms with Crippen LogP contribution in [0.3, 0.4) is 0 Å². The average Bonchev–Trinajstić information content (AvgIpc) is 2.76. The fraction of sp³-hybridized carbons (Fsp3) is 0.500. The Morgan fingerprint density at radius 2 is 1.31 bits per heavy atom. The van der Waals surface area contributed by atoms with E-state index in [0.717, 1.165) is 6.42 Å². The molecule has 92 valence electrons. The first kappa shape index (κ1) is 17.4. The zero-order valence-corrected chi connectivity index (χ0v) is 12.1. The van der Waals surface area contributed by atoms with Crippen LogP contribution in [0.5, 0.6) is 0 Å². The number of hydrogen-bond donors (Lipinski definition) is 0. The highest BCUT2D eigenvalue weighted by atomic mass is 14.1. The van der Waals surface area contributed by atoms with Gasteiger partial charge in [-0.05, 0) is 24.5 Å². The molecule has 0 radical (unpaired) electrons. The monoisotopic (exact) mass is 220 g/mol. The van der Waals surface area contributed by atoms with E-state index in [-0.39, 0.29) is 0 Å². The SMILES string of the molecule is CC.CC.CC.CC1=Cc2ccccc2C1. The molecule has 0 unspecified atom stereocenters. The van der Waals surface area contributed by atoms with Crippen LogP contribution in [-0.4, -0.2) is 0 Å². The molecular formula is C16H28. The molecule has 0 amide bonds. The van der Waals surface area contributed by atoms with Gasteiger partial charge in [-0.25, -0.2) is 0 Å². The number of benzene rings is 1. The summed E-state index contributed by atoms with van der Waals surface area (Å²) in [5.41, 5.74) is 4.35. The highest BCUT2D eigenvalue weighted by molar-refractivity contribution is 5.62. The molecule has 0 aromatic heterocycles. The van der Waals surface area contributed by atoms with Crippen molar-refractivity contribution >= 4 is 6.08 Å². The molecule has 0 heterocycles. The van der Waals surface area contributed by atoms with Crippen molar-refractivity contribution in [3.63, 3.8) is 0 Å². The van der Waals surface area contributed by atoms with Gasteiger partial charge in [0.1, 0.15) is 0 Å². The Bertz CT molecular complexity index is 282. The Balaban J connectivity index is 0. The first-order valence-electron chi connectivity index (χ1n) is 6.61. The van der Waals surface area contributed by atoms with Crippen LogP contribution in [0, 0.1) is 0 Å². The quantitative estimate of drug-likeness (QED) is 0.524. The standard InChI is InChI=1S/C10H10.3C2H6/c1-8-6-9-4-2-3-5-10(9)7-8;3*1-2/h2-6H,7H2,1H3;3*1-2H3. The van der Waals surface area contributed by atoms with Crippen LogP contribution in [0.15, 0.2) is 29.8 Å². The zero-order chi connectivity index (χ0) is 13.0. The van der Waals surface area contributed by atoms with Crippen molar-refractivity contribution in [3.05, 3.63) is 41.0 Å². The zero-order valence-electron chi connectivity index (χ0n) is 12.1. The summed E-state index contributed by atoms with van der Waals surface area (Å²) in [7, 11) is 0. The maximum atomic E-state index is 2.26. The van der Waals surface area contributed by atoms with E-state index in [4.69, 9.17) is 0 Å². The molecule has 0 fully saturated rings. The maximum absolute atomic E-state index is 2.26. The summed E-state index contributed by atoms with van der Waals surface area (Å²) < 4.78 is 0. The van der Waals surface area contributed by atoms with Crippen molar-refractivity contribution < 1.29 is 0 Å². The molecule has 0 saturated carbocycles. The van der Waals surface area contributed by atoms with Crippen LogP contribution in [-0.2, 0) is 6.42 Å². The molecule has 0 aliphatic heterocycles. The minimum atomic E-state index is 1.15. The van der Waals surface area contributed by atoms with Gasteiger partial charge in [0, 0.05) is 0 Å². The summed E-state index contributed by atoms with van der Waals surface area (Å²) in [6.07, 6.45) is 3.41. The van der Waals surface area contributed by atoms with E-state index in [2.05, 4.69) is 37.3 Å². The topological polar surface area (TPSA) is 0 Å². The van der Waals surface area contributed by atoms with Gasteiger partial charge in [-0.3, -0.25) is 0 Å². The Morgan fingerprint density at radius 1 is 0.812 bits per heavy atom. The molecule has 1 aromatic carbocycles. The van der Waals surface area contributed by atoms with E-state index < -0.39 is 0 Å². The summed E-state index contributed by atoms with van der Waals surface area (Å²) in [5.74, 6) is 0. The van der Waals surface area contributed by atoms with E-state index in [1.807, 2.05) is 41.5 Å². The lowest BCUT2D eigenvalue weighted by Crippen LogP contribution is -1.79. The van der Waals surface area contributed by atoms with Gasteiger partial charge in [-0.15, -0.1) is 0 Å². The lowest BCUT2D eigenvalue weighted by Gasteiger charge is -1.93. The van der Waals surface area contributed by atoms with Crippen molar-refractivity contribution in [2.45, 2.75) is 54.9 Å². The molecule has 1 aliphatic rings. The molecule has 1 aliphatic carbocycles.